The highest BCUT2D eigenvalue weighted by Gasteiger charge is 2.05. The number of nitrogens with zero attached hydrogens (tertiary/aromatic N) is 1. The molecule has 0 fully saturated rings. The van der Waals surface area contributed by atoms with Crippen LogP contribution in [0.2, 0.25) is 0 Å². The van der Waals surface area contributed by atoms with Crippen molar-refractivity contribution in [2.75, 3.05) is 5.32 Å². The SMILES string of the molecule is Oc1c(Br)cccc1CNc1cccc(-c2nccs2)c1. The van der Waals surface area contributed by atoms with Crippen LogP contribution in [0.15, 0.2) is 58.5 Å². The van der Waals surface area contributed by atoms with E-state index in [0.29, 0.717) is 11.0 Å². The summed E-state index contributed by atoms with van der Waals surface area (Å²) < 4.78 is 0.707. The smallest absolute Gasteiger partial charge is 0.134 e. The Hall–Kier alpha value is -1.85. The molecule has 0 saturated heterocycles. The maximum atomic E-state index is 9.99. The molecule has 0 aliphatic carbocycles. The molecule has 2 aromatic carbocycles. The average molecular weight is 361 g/mol. The van der Waals surface area contributed by atoms with Crippen molar-refractivity contribution in [1.29, 1.82) is 0 Å². The first-order valence-corrected chi connectivity index (χ1v) is 8.11. The fourth-order valence-electron chi connectivity index (χ4n) is 2.03. The maximum Gasteiger partial charge on any atom is 0.134 e. The van der Waals surface area contributed by atoms with Gasteiger partial charge in [0.05, 0.1) is 4.47 Å². The number of benzene rings is 2. The minimum Gasteiger partial charge on any atom is -0.506 e. The van der Waals surface area contributed by atoms with E-state index in [1.807, 2.05) is 41.8 Å². The Bertz CT molecular complexity index is 744. The third-order valence-corrected chi connectivity index (χ3v) is 4.56. The first kappa shape index (κ1) is 14.1. The molecule has 0 amide bonds. The highest BCUT2D eigenvalue weighted by molar-refractivity contribution is 9.10. The van der Waals surface area contributed by atoms with Gasteiger partial charge in [-0.3, -0.25) is 0 Å². The standard InChI is InChI=1S/C16H13BrN2OS/c17-14-6-2-4-12(15(14)20)10-19-13-5-1-3-11(9-13)16-18-7-8-21-16/h1-9,19-20H,10H2. The van der Waals surface area contributed by atoms with E-state index in [1.54, 1.807) is 17.5 Å². The normalized spacial score (nSPS) is 10.5. The van der Waals surface area contributed by atoms with Gasteiger partial charge in [0, 0.05) is 34.9 Å². The Morgan fingerprint density at radius 2 is 2.05 bits per heavy atom. The van der Waals surface area contributed by atoms with Crippen molar-refractivity contribution in [3.63, 3.8) is 0 Å². The molecule has 21 heavy (non-hydrogen) atoms. The van der Waals surface area contributed by atoms with Crippen molar-refractivity contribution < 1.29 is 5.11 Å². The number of hydrogen-bond acceptors (Lipinski definition) is 4. The van der Waals surface area contributed by atoms with Crippen LogP contribution in [0, 0.1) is 0 Å². The fraction of sp³-hybridized carbons (Fsp3) is 0.0625. The number of aromatic hydroxyl groups is 1. The average Bonchev–Trinajstić information content (AvgIpc) is 3.03. The molecule has 0 spiro atoms. The van der Waals surface area contributed by atoms with Crippen molar-refractivity contribution in [3.8, 4) is 16.3 Å². The molecule has 3 aromatic rings. The van der Waals surface area contributed by atoms with Crippen molar-refractivity contribution in [2.24, 2.45) is 0 Å². The molecule has 5 heteroatoms. The highest BCUT2D eigenvalue weighted by atomic mass is 79.9. The first-order chi connectivity index (χ1) is 10.2. The van der Waals surface area contributed by atoms with Gasteiger partial charge in [0.25, 0.3) is 0 Å². The summed E-state index contributed by atoms with van der Waals surface area (Å²) >= 11 is 4.94. The molecule has 0 aliphatic heterocycles. The van der Waals surface area contributed by atoms with E-state index in [4.69, 9.17) is 0 Å². The summed E-state index contributed by atoms with van der Waals surface area (Å²) in [6.45, 7) is 0.562. The molecule has 0 aliphatic rings. The van der Waals surface area contributed by atoms with Gasteiger partial charge < -0.3 is 10.4 Å². The minimum absolute atomic E-state index is 0.279. The number of para-hydroxylation sites is 1. The molecule has 1 aromatic heterocycles. The van der Waals surface area contributed by atoms with Crippen LogP contribution in [0.4, 0.5) is 5.69 Å². The summed E-state index contributed by atoms with van der Waals surface area (Å²) in [5.74, 6) is 0.279. The van der Waals surface area contributed by atoms with Gasteiger partial charge in [-0.15, -0.1) is 11.3 Å². The predicted molar refractivity (Wildman–Crippen MR) is 90.7 cm³/mol. The number of rotatable bonds is 4. The van der Waals surface area contributed by atoms with E-state index in [9.17, 15) is 5.11 Å². The second kappa shape index (κ2) is 6.28. The zero-order chi connectivity index (χ0) is 14.7. The van der Waals surface area contributed by atoms with Gasteiger partial charge in [-0.2, -0.15) is 0 Å². The molecule has 0 bridgehead atoms. The van der Waals surface area contributed by atoms with Gasteiger partial charge in [0.15, 0.2) is 0 Å². The molecule has 0 unspecified atom stereocenters. The minimum atomic E-state index is 0.279. The summed E-state index contributed by atoms with van der Waals surface area (Å²) in [4.78, 5) is 4.32. The summed E-state index contributed by atoms with van der Waals surface area (Å²) in [7, 11) is 0. The van der Waals surface area contributed by atoms with Crippen molar-refractivity contribution >= 4 is 33.0 Å². The quantitative estimate of drug-likeness (QED) is 0.695. The molecule has 0 atom stereocenters. The second-order valence-corrected chi connectivity index (χ2v) is 6.27. The Morgan fingerprint density at radius 1 is 1.19 bits per heavy atom. The first-order valence-electron chi connectivity index (χ1n) is 6.44. The van der Waals surface area contributed by atoms with Crippen molar-refractivity contribution in [3.05, 3.63) is 64.1 Å². The van der Waals surface area contributed by atoms with E-state index >= 15 is 0 Å². The third-order valence-electron chi connectivity index (χ3n) is 3.10. The predicted octanol–water partition coefficient (Wildman–Crippen LogP) is 4.89. The number of nitrogens with one attached hydrogen (secondary N) is 1. The Balaban J connectivity index is 1.77. The number of thiazole rings is 1. The molecule has 3 rings (SSSR count). The molecule has 106 valence electrons. The van der Waals surface area contributed by atoms with Crippen LogP contribution in [0.1, 0.15) is 5.56 Å². The Morgan fingerprint density at radius 3 is 2.86 bits per heavy atom. The van der Waals surface area contributed by atoms with Gasteiger partial charge in [0.2, 0.25) is 0 Å². The lowest BCUT2D eigenvalue weighted by Gasteiger charge is -2.10. The lowest BCUT2D eigenvalue weighted by atomic mass is 10.1. The molecular weight excluding hydrogens is 348 g/mol. The molecule has 0 saturated carbocycles. The van der Waals surface area contributed by atoms with Crippen LogP contribution in [-0.2, 0) is 6.54 Å². The lowest BCUT2D eigenvalue weighted by molar-refractivity contribution is 0.465. The van der Waals surface area contributed by atoms with Crippen molar-refractivity contribution in [1.82, 2.24) is 4.98 Å². The molecule has 0 radical (unpaired) electrons. The second-order valence-electron chi connectivity index (χ2n) is 4.52. The summed E-state index contributed by atoms with van der Waals surface area (Å²) in [5.41, 5.74) is 2.94. The number of halogens is 1. The summed E-state index contributed by atoms with van der Waals surface area (Å²) in [6.07, 6.45) is 1.81. The zero-order valence-corrected chi connectivity index (χ0v) is 13.5. The number of phenols is 1. The van der Waals surface area contributed by atoms with Crippen LogP contribution in [-0.4, -0.2) is 10.1 Å². The number of aromatic nitrogens is 1. The number of anilines is 1. The maximum absolute atomic E-state index is 9.99. The largest absolute Gasteiger partial charge is 0.506 e. The topological polar surface area (TPSA) is 45.1 Å². The summed E-state index contributed by atoms with van der Waals surface area (Å²) in [6, 6.07) is 13.7. The van der Waals surface area contributed by atoms with Crippen LogP contribution >= 0.6 is 27.3 Å². The summed E-state index contributed by atoms with van der Waals surface area (Å²) in [5, 5.41) is 16.3. The third kappa shape index (κ3) is 3.25. The Labute approximate surface area is 135 Å². The van der Waals surface area contributed by atoms with Gasteiger partial charge in [0.1, 0.15) is 10.8 Å². The van der Waals surface area contributed by atoms with Gasteiger partial charge in [-0.25, -0.2) is 4.98 Å². The lowest BCUT2D eigenvalue weighted by Crippen LogP contribution is -1.99. The van der Waals surface area contributed by atoms with E-state index < -0.39 is 0 Å². The number of hydrogen-bond donors (Lipinski definition) is 2. The molecular formula is C16H13BrN2OS. The van der Waals surface area contributed by atoms with E-state index in [-0.39, 0.29) is 5.75 Å². The Kier molecular flexibility index (Phi) is 4.22. The molecule has 3 nitrogen and oxygen atoms in total. The van der Waals surface area contributed by atoms with Gasteiger partial charge >= 0.3 is 0 Å². The van der Waals surface area contributed by atoms with Crippen LogP contribution < -0.4 is 5.32 Å². The van der Waals surface area contributed by atoms with Crippen LogP contribution in [0.5, 0.6) is 5.75 Å². The van der Waals surface area contributed by atoms with E-state index in [0.717, 1.165) is 21.8 Å². The number of phenolic OH excluding ortho intramolecular Hbond substituents is 1. The highest BCUT2D eigenvalue weighted by Crippen LogP contribution is 2.29. The van der Waals surface area contributed by atoms with E-state index in [2.05, 4.69) is 32.3 Å². The molecule has 2 N–H and O–H groups in total. The molecule has 1 heterocycles. The van der Waals surface area contributed by atoms with Gasteiger partial charge in [-0.1, -0.05) is 24.3 Å². The van der Waals surface area contributed by atoms with Crippen LogP contribution in [0.3, 0.4) is 0 Å². The van der Waals surface area contributed by atoms with Crippen molar-refractivity contribution in [2.45, 2.75) is 6.54 Å². The fourth-order valence-corrected chi connectivity index (χ4v) is 3.07. The van der Waals surface area contributed by atoms with Crippen LogP contribution in [0.25, 0.3) is 10.6 Å². The zero-order valence-electron chi connectivity index (χ0n) is 11.1. The monoisotopic (exact) mass is 360 g/mol. The van der Waals surface area contributed by atoms with Gasteiger partial charge in [-0.05, 0) is 34.1 Å². The van der Waals surface area contributed by atoms with E-state index in [1.165, 1.54) is 0 Å².